The van der Waals surface area contributed by atoms with E-state index in [0.717, 1.165) is 11.1 Å². The van der Waals surface area contributed by atoms with E-state index < -0.39 is 17.9 Å². The van der Waals surface area contributed by atoms with Crippen LogP contribution in [0.5, 0.6) is 0 Å². The van der Waals surface area contributed by atoms with E-state index in [2.05, 4.69) is 5.32 Å². The lowest BCUT2D eigenvalue weighted by molar-refractivity contribution is -0.126. The van der Waals surface area contributed by atoms with Crippen LogP contribution < -0.4 is 16.8 Å². The van der Waals surface area contributed by atoms with Gasteiger partial charge in [0.05, 0.1) is 19.1 Å². The lowest BCUT2D eigenvalue weighted by atomic mass is 10.1. The third-order valence-electron chi connectivity index (χ3n) is 2.43. The van der Waals surface area contributed by atoms with Gasteiger partial charge >= 0.3 is 0 Å². The molecule has 0 heterocycles. The number of nitrogens with two attached hydrogens (primary N) is 2. The van der Waals surface area contributed by atoms with Gasteiger partial charge in [0.1, 0.15) is 0 Å². The molecule has 1 aromatic carbocycles. The average Bonchev–Trinajstić information content (AvgIpc) is 2.35. The Labute approximate surface area is 105 Å². The molecule has 0 aliphatic rings. The SMILES string of the molecule is NC(=O)CC(N)C(=O)NCc1ccc(CO)cc1. The first-order valence-corrected chi connectivity index (χ1v) is 5.53. The summed E-state index contributed by atoms with van der Waals surface area (Å²) in [4.78, 5) is 22.1. The summed E-state index contributed by atoms with van der Waals surface area (Å²) >= 11 is 0. The molecule has 18 heavy (non-hydrogen) atoms. The van der Waals surface area contributed by atoms with Crippen LogP contribution in [-0.2, 0) is 22.7 Å². The van der Waals surface area contributed by atoms with Crippen molar-refractivity contribution in [3.05, 3.63) is 35.4 Å². The van der Waals surface area contributed by atoms with Crippen LogP contribution in [0, 0.1) is 0 Å². The second-order valence-corrected chi connectivity index (χ2v) is 3.97. The molecule has 2 amide bonds. The van der Waals surface area contributed by atoms with Crippen molar-refractivity contribution >= 4 is 11.8 Å². The first-order chi connectivity index (χ1) is 8.52. The predicted molar refractivity (Wildman–Crippen MR) is 66.0 cm³/mol. The third-order valence-corrected chi connectivity index (χ3v) is 2.43. The summed E-state index contributed by atoms with van der Waals surface area (Å²) in [5.41, 5.74) is 12.1. The largest absolute Gasteiger partial charge is 0.392 e. The van der Waals surface area contributed by atoms with Crippen LogP contribution in [-0.4, -0.2) is 23.0 Å². The maximum Gasteiger partial charge on any atom is 0.237 e. The monoisotopic (exact) mass is 251 g/mol. The molecule has 1 aromatic rings. The minimum atomic E-state index is -0.917. The van der Waals surface area contributed by atoms with Crippen LogP contribution in [0.2, 0.25) is 0 Å². The van der Waals surface area contributed by atoms with E-state index in [1.54, 1.807) is 24.3 Å². The van der Waals surface area contributed by atoms with Crippen molar-refractivity contribution in [3.8, 4) is 0 Å². The molecule has 0 saturated heterocycles. The smallest absolute Gasteiger partial charge is 0.237 e. The number of aliphatic hydroxyl groups is 1. The van der Waals surface area contributed by atoms with E-state index in [-0.39, 0.29) is 13.0 Å². The number of aliphatic hydroxyl groups excluding tert-OH is 1. The van der Waals surface area contributed by atoms with Crippen LogP contribution >= 0.6 is 0 Å². The average molecular weight is 251 g/mol. The van der Waals surface area contributed by atoms with Crippen molar-refractivity contribution in [3.63, 3.8) is 0 Å². The van der Waals surface area contributed by atoms with Gasteiger partial charge in [-0.2, -0.15) is 0 Å². The van der Waals surface area contributed by atoms with Crippen LogP contribution in [0.4, 0.5) is 0 Å². The van der Waals surface area contributed by atoms with Crippen molar-refractivity contribution in [2.24, 2.45) is 11.5 Å². The Morgan fingerprint density at radius 3 is 2.28 bits per heavy atom. The zero-order valence-corrected chi connectivity index (χ0v) is 9.93. The lowest BCUT2D eigenvalue weighted by Crippen LogP contribution is -2.42. The Morgan fingerprint density at radius 1 is 1.22 bits per heavy atom. The molecule has 0 aliphatic carbocycles. The van der Waals surface area contributed by atoms with Crippen molar-refractivity contribution in [2.75, 3.05) is 0 Å². The standard InChI is InChI=1S/C12H17N3O3/c13-10(5-11(14)17)12(18)15-6-8-1-3-9(7-16)4-2-8/h1-4,10,16H,5-7,13H2,(H2,14,17)(H,15,18). The van der Waals surface area contributed by atoms with E-state index in [0.29, 0.717) is 6.54 Å². The Morgan fingerprint density at radius 2 is 1.78 bits per heavy atom. The maximum absolute atomic E-state index is 11.5. The Bertz CT molecular complexity index is 417. The molecule has 0 bridgehead atoms. The van der Waals surface area contributed by atoms with Crippen LogP contribution in [0.25, 0.3) is 0 Å². The van der Waals surface area contributed by atoms with Crippen molar-refractivity contribution in [1.29, 1.82) is 0 Å². The molecule has 6 N–H and O–H groups in total. The van der Waals surface area contributed by atoms with Gasteiger partial charge in [-0.05, 0) is 11.1 Å². The van der Waals surface area contributed by atoms with E-state index in [9.17, 15) is 9.59 Å². The number of nitrogens with one attached hydrogen (secondary N) is 1. The topological polar surface area (TPSA) is 118 Å². The van der Waals surface area contributed by atoms with Crippen LogP contribution in [0.15, 0.2) is 24.3 Å². The minimum Gasteiger partial charge on any atom is -0.392 e. The summed E-state index contributed by atoms with van der Waals surface area (Å²) in [6.07, 6.45) is -0.171. The fraction of sp³-hybridized carbons (Fsp3) is 0.333. The van der Waals surface area contributed by atoms with Crippen molar-refractivity contribution in [2.45, 2.75) is 25.6 Å². The zero-order valence-electron chi connectivity index (χ0n) is 9.93. The highest BCUT2D eigenvalue weighted by Gasteiger charge is 2.15. The first-order valence-electron chi connectivity index (χ1n) is 5.53. The summed E-state index contributed by atoms with van der Waals surface area (Å²) < 4.78 is 0. The first kappa shape index (κ1) is 14.1. The highest BCUT2D eigenvalue weighted by Crippen LogP contribution is 2.04. The number of primary amides is 1. The van der Waals surface area contributed by atoms with Gasteiger partial charge in [-0.25, -0.2) is 0 Å². The third kappa shape index (κ3) is 4.52. The number of carbonyl (C=O) groups excluding carboxylic acids is 2. The normalized spacial score (nSPS) is 11.9. The summed E-state index contributed by atoms with van der Waals surface area (Å²) in [7, 11) is 0. The quantitative estimate of drug-likeness (QED) is 0.518. The molecule has 0 radical (unpaired) electrons. The van der Waals surface area contributed by atoms with E-state index in [1.807, 2.05) is 0 Å². The molecule has 0 saturated carbocycles. The van der Waals surface area contributed by atoms with Crippen molar-refractivity contribution < 1.29 is 14.7 Å². The predicted octanol–water partition coefficient (Wildman–Crippen LogP) is -1.00. The van der Waals surface area contributed by atoms with Gasteiger partial charge in [0.25, 0.3) is 0 Å². The second kappa shape index (κ2) is 6.73. The van der Waals surface area contributed by atoms with Gasteiger partial charge in [0, 0.05) is 6.54 Å². The highest BCUT2D eigenvalue weighted by atomic mass is 16.3. The van der Waals surface area contributed by atoms with Crippen LogP contribution in [0.1, 0.15) is 17.5 Å². The fourth-order valence-electron chi connectivity index (χ4n) is 1.39. The Balaban J connectivity index is 2.44. The Hall–Kier alpha value is -1.92. The summed E-state index contributed by atoms with van der Waals surface area (Å²) in [6.45, 7) is 0.299. The molecule has 1 rings (SSSR count). The lowest BCUT2D eigenvalue weighted by Gasteiger charge is -2.10. The number of benzene rings is 1. The number of carbonyl (C=O) groups is 2. The van der Waals surface area contributed by atoms with Gasteiger partial charge in [0.2, 0.25) is 11.8 Å². The van der Waals surface area contributed by atoms with Gasteiger partial charge in [-0.15, -0.1) is 0 Å². The number of hydrogen-bond donors (Lipinski definition) is 4. The number of rotatable bonds is 6. The van der Waals surface area contributed by atoms with E-state index in [4.69, 9.17) is 16.6 Å². The van der Waals surface area contributed by atoms with Gasteiger partial charge < -0.3 is 21.9 Å². The van der Waals surface area contributed by atoms with E-state index in [1.165, 1.54) is 0 Å². The second-order valence-electron chi connectivity index (χ2n) is 3.97. The van der Waals surface area contributed by atoms with Crippen LogP contribution in [0.3, 0.4) is 0 Å². The van der Waals surface area contributed by atoms with Gasteiger partial charge in [0.15, 0.2) is 0 Å². The molecule has 0 aliphatic heterocycles. The molecule has 0 fully saturated rings. The molecule has 0 aromatic heterocycles. The van der Waals surface area contributed by atoms with E-state index >= 15 is 0 Å². The van der Waals surface area contributed by atoms with Crippen molar-refractivity contribution in [1.82, 2.24) is 5.32 Å². The fourth-order valence-corrected chi connectivity index (χ4v) is 1.39. The van der Waals surface area contributed by atoms with Gasteiger partial charge in [-0.3, -0.25) is 9.59 Å². The maximum atomic E-state index is 11.5. The molecule has 98 valence electrons. The zero-order chi connectivity index (χ0) is 13.5. The molecule has 1 atom stereocenters. The molecule has 6 nitrogen and oxygen atoms in total. The molecule has 0 spiro atoms. The molecule has 1 unspecified atom stereocenters. The number of amides is 2. The summed E-state index contributed by atoms with van der Waals surface area (Å²) in [5, 5.41) is 11.5. The van der Waals surface area contributed by atoms with Gasteiger partial charge in [-0.1, -0.05) is 24.3 Å². The molecular formula is C12H17N3O3. The minimum absolute atomic E-state index is 0.0177. The highest BCUT2D eigenvalue weighted by molar-refractivity contribution is 5.87. The summed E-state index contributed by atoms with van der Waals surface area (Å²) in [6, 6.07) is 6.21. The Kier molecular flexibility index (Phi) is 5.29. The summed E-state index contributed by atoms with van der Waals surface area (Å²) in [5.74, 6) is -1.02. The molecular weight excluding hydrogens is 234 g/mol. The number of hydrogen-bond acceptors (Lipinski definition) is 4. The molecule has 6 heteroatoms.